The third kappa shape index (κ3) is 3.47. The zero-order valence-corrected chi connectivity index (χ0v) is 14.4. The zero-order chi connectivity index (χ0) is 18.0. The molecular weight excluding hydrogens is 318 g/mol. The monoisotopic (exact) mass is 339 g/mol. The second-order valence-corrected chi connectivity index (χ2v) is 6.38. The van der Waals surface area contributed by atoms with E-state index >= 15 is 0 Å². The number of carbonyl (C=O) groups excluding carboxylic acids is 1. The van der Waals surface area contributed by atoms with Gasteiger partial charge in [0.05, 0.1) is 4.92 Å². The summed E-state index contributed by atoms with van der Waals surface area (Å²) in [7, 11) is 0. The smallest absolute Gasteiger partial charge is 0.285 e. The van der Waals surface area contributed by atoms with Crippen molar-refractivity contribution in [2.24, 2.45) is 0 Å². The number of nitrogens with one attached hydrogen (secondary N) is 1. The molecule has 25 heavy (non-hydrogen) atoms. The molecule has 0 unspecified atom stereocenters. The summed E-state index contributed by atoms with van der Waals surface area (Å²) in [6, 6.07) is 10.7. The van der Waals surface area contributed by atoms with Gasteiger partial charge in [-0.25, -0.2) is 0 Å². The number of carbonyl (C=O) groups is 1. The molecule has 0 bridgehead atoms. The van der Waals surface area contributed by atoms with Crippen LogP contribution in [0.15, 0.2) is 36.4 Å². The fourth-order valence-electron chi connectivity index (χ4n) is 3.23. The minimum atomic E-state index is -0.506. The van der Waals surface area contributed by atoms with Crippen LogP contribution in [0.1, 0.15) is 34.3 Å². The van der Waals surface area contributed by atoms with Gasteiger partial charge in [0.15, 0.2) is 0 Å². The lowest BCUT2D eigenvalue weighted by atomic mass is 10.1. The average Bonchev–Trinajstić information content (AvgIpc) is 3.10. The maximum Gasteiger partial charge on any atom is 0.285 e. The molecule has 1 aliphatic rings. The van der Waals surface area contributed by atoms with Gasteiger partial charge in [0, 0.05) is 30.0 Å². The standard InChI is InChI=1S/C19H21N3O3/c1-13-6-5-7-16(18(13)22(24)25)19(23)20-17-9-8-15(12-14(17)2)21-10-3-4-11-21/h5-9,12H,3-4,10-11H2,1-2H3,(H,20,23). The Morgan fingerprint density at radius 3 is 2.48 bits per heavy atom. The molecule has 1 N–H and O–H groups in total. The Balaban J connectivity index is 1.84. The number of nitrogens with zero attached hydrogens (tertiary/aromatic N) is 2. The molecule has 1 saturated heterocycles. The van der Waals surface area contributed by atoms with Crippen molar-refractivity contribution < 1.29 is 9.72 Å². The first kappa shape index (κ1) is 17.0. The quantitative estimate of drug-likeness (QED) is 0.673. The molecule has 0 aromatic heterocycles. The van der Waals surface area contributed by atoms with E-state index in [1.54, 1.807) is 19.1 Å². The predicted octanol–water partition coefficient (Wildman–Crippen LogP) is 4.06. The van der Waals surface area contributed by atoms with Gasteiger partial charge < -0.3 is 10.2 Å². The molecule has 0 spiro atoms. The summed E-state index contributed by atoms with van der Waals surface area (Å²) in [6.45, 7) is 5.67. The second-order valence-electron chi connectivity index (χ2n) is 6.38. The van der Waals surface area contributed by atoms with Gasteiger partial charge >= 0.3 is 0 Å². The molecule has 2 aromatic rings. The molecule has 1 aliphatic heterocycles. The first-order chi connectivity index (χ1) is 12.0. The minimum absolute atomic E-state index is 0.0769. The highest BCUT2D eigenvalue weighted by atomic mass is 16.6. The van der Waals surface area contributed by atoms with Crippen LogP contribution in [0, 0.1) is 24.0 Å². The Hall–Kier alpha value is -2.89. The van der Waals surface area contributed by atoms with Crippen molar-refractivity contribution in [1.29, 1.82) is 0 Å². The number of amides is 1. The highest BCUT2D eigenvalue weighted by Crippen LogP contribution is 2.28. The van der Waals surface area contributed by atoms with Gasteiger partial charge in [-0.15, -0.1) is 0 Å². The van der Waals surface area contributed by atoms with Crippen LogP contribution in [0.3, 0.4) is 0 Å². The van der Waals surface area contributed by atoms with Gasteiger partial charge in [-0.05, 0) is 56.5 Å². The van der Waals surface area contributed by atoms with Gasteiger partial charge in [0.2, 0.25) is 0 Å². The number of hydrogen-bond donors (Lipinski definition) is 1. The number of nitro groups is 1. The Morgan fingerprint density at radius 1 is 1.12 bits per heavy atom. The molecule has 2 aromatic carbocycles. The van der Waals surface area contributed by atoms with Crippen molar-refractivity contribution in [3.05, 3.63) is 63.2 Å². The number of nitro benzene ring substituents is 1. The van der Waals surface area contributed by atoms with Gasteiger partial charge in [-0.3, -0.25) is 14.9 Å². The largest absolute Gasteiger partial charge is 0.372 e. The summed E-state index contributed by atoms with van der Waals surface area (Å²) in [5, 5.41) is 14.1. The predicted molar refractivity (Wildman–Crippen MR) is 98.4 cm³/mol. The number of para-hydroxylation sites is 1. The van der Waals surface area contributed by atoms with Crippen molar-refractivity contribution in [2.45, 2.75) is 26.7 Å². The van der Waals surface area contributed by atoms with E-state index in [0.29, 0.717) is 11.3 Å². The molecule has 0 atom stereocenters. The normalized spacial score (nSPS) is 13.8. The molecule has 6 heteroatoms. The third-order valence-corrected chi connectivity index (χ3v) is 4.59. The fourth-order valence-corrected chi connectivity index (χ4v) is 3.23. The summed E-state index contributed by atoms with van der Waals surface area (Å²) in [5.74, 6) is -0.465. The van der Waals surface area contributed by atoms with E-state index in [0.717, 1.165) is 24.3 Å². The molecule has 1 fully saturated rings. The molecule has 0 aliphatic carbocycles. The fraction of sp³-hybridized carbons (Fsp3) is 0.316. The lowest BCUT2D eigenvalue weighted by Crippen LogP contribution is -2.18. The Morgan fingerprint density at radius 2 is 1.84 bits per heavy atom. The summed E-state index contributed by atoms with van der Waals surface area (Å²) in [5.41, 5.74) is 3.16. The van der Waals surface area contributed by atoms with Gasteiger partial charge in [0.1, 0.15) is 5.56 Å². The van der Waals surface area contributed by atoms with Crippen LogP contribution in [0.2, 0.25) is 0 Å². The topological polar surface area (TPSA) is 75.5 Å². The molecule has 130 valence electrons. The van der Waals surface area contributed by atoms with Crippen LogP contribution in [0.25, 0.3) is 0 Å². The molecule has 3 rings (SSSR count). The van der Waals surface area contributed by atoms with Crippen molar-refractivity contribution in [3.63, 3.8) is 0 Å². The average molecular weight is 339 g/mol. The summed E-state index contributed by atoms with van der Waals surface area (Å²) in [6.07, 6.45) is 2.41. The third-order valence-electron chi connectivity index (χ3n) is 4.59. The van der Waals surface area contributed by atoms with Crippen molar-refractivity contribution >= 4 is 23.0 Å². The van der Waals surface area contributed by atoms with E-state index in [-0.39, 0.29) is 11.3 Å². The maximum atomic E-state index is 12.6. The molecule has 1 amide bonds. The number of anilines is 2. The SMILES string of the molecule is Cc1cc(N2CCCC2)ccc1NC(=O)c1cccc(C)c1[N+](=O)[O-]. The van der Waals surface area contributed by atoms with Gasteiger partial charge in [0.25, 0.3) is 11.6 Å². The van der Waals surface area contributed by atoms with Crippen molar-refractivity contribution in [1.82, 2.24) is 0 Å². The molecular formula is C19H21N3O3. The lowest BCUT2D eigenvalue weighted by molar-refractivity contribution is -0.385. The van der Waals surface area contributed by atoms with Crippen LogP contribution in [-0.2, 0) is 0 Å². The molecule has 0 saturated carbocycles. The zero-order valence-electron chi connectivity index (χ0n) is 14.4. The highest BCUT2D eigenvalue weighted by Gasteiger charge is 2.23. The van der Waals surface area contributed by atoms with Gasteiger partial charge in [-0.2, -0.15) is 0 Å². The number of aryl methyl sites for hydroxylation is 2. The van der Waals surface area contributed by atoms with E-state index in [2.05, 4.69) is 10.2 Å². The summed E-state index contributed by atoms with van der Waals surface area (Å²) < 4.78 is 0. The van der Waals surface area contributed by atoms with Crippen molar-refractivity contribution in [3.8, 4) is 0 Å². The minimum Gasteiger partial charge on any atom is -0.372 e. The Bertz CT molecular complexity index is 827. The first-order valence-electron chi connectivity index (χ1n) is 8.38. The summed E-state index contributed by atoms with van der Waals surface area (Å²) >= 11 is 0. The van der Waals surface area contributed by atoms with Crippen LogP contribution >= 0.6 is 0 Å². The van der Waals surface area contributed by atoms with E-state index in [1.807, 2.05) is 25.1 Å². The maximum absolute atomic E-state index is 12.6. The van der Waals surface area contributed by atoms with Crippen LogP contribution in [0.5, 0.6) is 0 Å². The van der Waals surface area contributed by atoms with Crippen molar-refractivity contribution in [2.75, 3.05) is 23.3 Å². The van der Waals surface area contributed by atoms with E-state index < -0.39 is 10.8 Å². The van der Waals surface area contributed by atoms with Crippen LogP contribution in [0.4, 0.5) is 17.1 Å². The lowest BCUT2D eigenvalue weighted by Gasteiger charge is -2.19. The van der Waals surface area contributed by atoms with E-state index in [4.69, 9.17) is 0 Å². The van der Waals surface area contributed by atoms with E-state index in [9.17, 15) is 14.9 Å². The Kier molecular flexibility index (Phi) is 4.70. The number of hydrogen-bond acceptors (Lipinski definition) is 4. The number of benzene rings is 2. The molecule has 0 radical (unpaired) electrons. The highest BCUT2D eigenvalue weighted by molar-refractivity contribution is 6.07. The van der Waals surface area contributed by atoms with Gasteiger partial charge in [-0.1, -0.05) is 12.1 Å². The van der Waals surface area contributed by atoms with Crippen LogP contribution in [-0.4, -0.2) is 23.9 Å². The second kappa shape index (κ2) is 6.93. The number of rotatable bonds is 4. The Labute approximate surface area is 146 Å². The summed E-state index contributed by atoms with van der Waals surface area (Å²) in [4.78, 5) is 25.7. The molecule has 1 heterocycles. The first-order valence-corrected chi connectivity index (χ1v) is 8.38. The van der Waals surface area contributed by atoms with Crippen LogP contribution < -0.4 is 10.2 Å². The van der Waals surface area contributed by atoms with E-state index in [1.165, 1.54) is 18.9 Å². The molecule has 6 nitrogen and oxygen atoms in total.